The Bertz CT molecular complexity index is 626. The lowest BCUT2D eigenvalue weighted by atomic mass is 9.96. The number of nitrogens with zero attached hydrogens (tertiary/aromatic N) is 1. The molecular weight excluding hydrogens is 308 g/mol. The summed E-state index contributed by atoms with van der Waals surface area (Å²) in [6, 6.07) is 7.22. The van der Waals surface area contributed by atoms with Gasteiger partial charge in [-0.15, -0.1) is 0 Å². The summed E-state index contributed by atoms with van der Waals surface area (Å²) in [5.74, 6) is 0.622. The lowest BCUT2D eigenvalue weighted by Crippen LogP contribution is -2.46. The number of rotatable bonds is 7. The van der Waals surface area contributed by atoms with Crippen LogP contribution in [0.25, 0.3) is 0 Å². The van der Waals surface area contributed by atoms with Gasteiger partial charge in [-0.3, -0.25) is 9.69 Å². The van der Waals surface area contributed by atoms with Crippen LogP contribution in [0.15, 0.2) is 24.3 Å². The molecule has 0 aromatic heterocycles. The maximum atomic E-state index is 12.5. The van der Waals surface area contributed by atoms with Gasteiger partial charge in [0.25, 0.3) is 5.91 Å². The summed E-state index contributed by atoms with van der Waals surface area (Å²) in [6.45, 7) is 3.82. The van der Waals surface area contributed by atoms with E-state index in [-0.39, 0.29) is 25.0 Å². The van der Waals surface area contributed by atoms with Crippen molar-refractivity contribution in [2.24, 2.45) is 5.92 Å². The molecule has 2 N–H and O–H groups in total. The number of aliphatic hydroxyl groups is 1. The van der Waals surface area contributed by atoms with E-state index in [4.69, 9.17) is 4.74 Å². The number of hydrogen-bond donors (Lipinski definition) is 2. The molecule has 1 aromatic rings. The molecule has 2 aliphatic rings. The molecule has 6 nitrogen and oxygen atoms in total. The number of urea groups is 1. The second kappa shape index (κ2) is 6.43. The van der Waals surface area contributed by atoms with Crippen LogP contribution in [0.4, 0.5) is 4.79 Å². The van der Waals surface area contributed by atoms with Crippen LogP contribution in [0.1, 0.15) is 32.3 Å². The summed E-state index contributed by atoms with van der Waals surface area (Å²) in [4.78, 5) is 25.6. The van der Waals surface area contributed by atoms with E-state index < -0.39 is 17.7 Å². The number of imide groups is 1. The molecule has 24 heavy (non-hydrogen) atoms. The highest BCUT2D eigenvalue weighted by molar-refractivity contribution is 6.07. The Morgan fingerprint density at radius 1 is 1.33 bits per heavy atom. The first-order chi connectivity index (χ1) is 11.4. The van der Waals surface area contributed by atoms with Crippen LogP contribution in [0.5, 0.6) is 5.75 Å². The topological polar surface area (TPSA) is 78.9 Å². The van der Waals surface area contributed by atoms with E-state index in [9.17, 15) is 14.7 Å². The monoisotopic (exact) mass is 332 g/mol. The van der Waals surface area contributed by atoms with E-state index in [0.29, 0.717) is 5.75 Å². The summed E-state index contributed by atoms with van der Waals surface area (Å²) in [7, 11) is 0. The van der Waals surface area contributed by atoms with Crippen molar-refractivity contribution in [3.63, 3.8) is 0 Å². The highest BCUT2D eigenvalue weighted by Crippen LogP contribution is 2.42. The van der Waals surface area contributed by atoms with Crippen molar-refractivity contribution in [1.29, 1.82) is 0 Å². The minimum Gasteiger partial charge on any atom is -0.491 e. The van der Waals surface area contributed by atoms with Crippen molar-refractivity contribution < 1.29 is 19.4 Å². The molecule has 3 amide bonds. The second-order valence-electron chi connectivity index (χ2n) is 6.78. The molecule has 130 valence electrons. The van der Waals surface area contributed by atoms with Crippen LogP contribution >= 0.6 is 0 Å². The molecule has 0 spiro atoms. The Kier molecular flexibility index (Phi) is 4.49. The molecule has 6 heteroatoms. The van der Waals surface area contributed by atoms with Gasteiger partial charge in [-0.25, -0.2) is 4.79 Å². The number of aliphatic hydroxyl groups excluding tert-OH is 1. The van der Waals surface area contributed by atoms with Crippen LogP contribution in [-0.2, 0) is 11.2 Å². The van der Waals surface area contributed by atoms with E-state index in [0.717, 1.165) is 24.2 Å². The number of carbonyl (C=O) groups excluding carboxylic acids is 2. The number of nitrogens with one attached hydrogen (secondary N) is 1. The van der Waals surface area contributed by atoms with Crippen molar-refractivity contribution in [1.82, 2.24) is 10.2 Å². The highest BCUT2D eigenvalue weighted by Gasteiger charge is 2.56. The van der Waals surface area contributed by atoms with Crippen LogP contribution in [-0.4, -0.2) is 46.7 Å². The predicted molar refractivity (Wildman–Crippen MR) is 88.7 cm³/mol. The standard InChI is InChI=1S/C18H24N2O4/c1-3-12-4-8-15(9-5-12)24-11-14(21)10-20-16(22)18(2,13-6-7-13)19-17(20)23/h4-5,8-9,13-14,21H,3,6-7,10-11H2,1-2H3,(H,19,23). The van der Waals surface area contributed by atoms with Crippen LogP contribution < -0.4 is 10.1 Å². The Morgan fingerprint density at radius 3 is 2.58 bits per heavy atom. The predicted octanol–water partition coefficient (Wildman–Crippen LogP) is 1.71. The molecule has 1 heterocycles. The fourth-order valence-corrected chi connectivity index (χ4v) is 3.10. The molecule has 2 unspecified atom stereocenters. The maximum Gasteiger partial charge on any atom is 0.325 e. The second-order valence-corrected chi connectivity index (χ2v) is 6.78. The third-order valence-corrected chi connectivity index (χ3v) is 4.86. The van der Waals surface area contributed by atoms with Gasteiger partial charge in [-0.05, 0) is 49.8 Å². The molecule has 1 aliphatic carbocycles. The summed E-state index contributed by atoms with van der Waals surface area (Å²) in [6.07, 6.45) is 1.94. The van der Waals surface area contributed by atoms with Gasteiger partial charge in [0.15, 0.2) is 0 Å². The van der Waals surface area contributed by atoms with Gasteiger partial charge in [-0.1, -0.05) is 19.1 Å². The zero-order valence-corrected chi connectivity index (χ0v) is 14.1. The molecule has 1 aliphatic heterocycles. The number of aryl methyl sites for hydroxylation is 1. The number of benzene rings is 1. The zero-order chi connectivity index (χ0) is 17.3. The Labute approximate surface area is 141 Å². The summed E-state index contributed by atoms with van der Waals surface area (Å²) in [5, 5.41) is 12.9. The molecule has 1 saturated heterocycles. The number of ether oxygens (including phenoxy) is 1. The van der Waals surface area contributed by atoms with Crippen molar-refractivity contribution in [3.8, 4) is 5.75 Å². The smallest absolute Gasteiger partial charge is 0.325 e. The summed E-state index contributed by atoms with van der Waals surface area (Å²) < 4.78 is 5.54. The first kappa shape index (κ1) is 16.8. The van der Waals surface area contributed by atoms with Gasteiger partial charge < -0.3 is 15.2 Å². The van der Waals surface area contributed by atoms with E-state index >= 15 is 0 Å². The van der Waals surface area contributed by atoms with Crippen molar-refractivity contribution in [2.45, 2.75) is 44.8 Å². The molecule has 1 saturated carbocycles. The van der Waals surface area contributed by atoms with E-state index in [1.54, 1.807) is 6.92 Å². The molecule has 1 aromatic carbocycles. The lowest BCUT2D eigenvalue weighted by Gasteiger charge is -2.22. The van der Waals surface area contributed by atoms with Gasteiger partial charge in [0.1, 0.15) is 24.0 Å². The Balaban J connectivity index is 1.53. The molecule has 0 bridgehead atoms. The molecular formula is C18H24N2O4. The van der Waals surface area contributed by atoms with Gasteiger partial charge in [0.05, 0.1) is 6.54 Å². The maximum absolute atomic E-state index is 12.5. The highest BCUT2D eigenvalue weighted by atomic mass is 16.5. The number of carbonyl (C=O) groups is 2. The number of hydrogen-bond acceptors (Lipinski definition) is 4. The number of β-amino-alcohol motifs (C(OH)–C–C–N with tert-alkyl or cyclic N) is 1. The van der Waals surface area contributed by atoms with Crippen molar-refractivity contribution in [2.75, 3.05) is 13.2 Å². The lowest BCUT2D eigenvalue weighted by molar-refractivity contribution is -0.132. The van der Waals surface area contributed by atoms with Gasteiger partial charge in [0, 0.05) is 0 Å². The Hall–Kier alpha value is -2.08. The van der Waals surface area contributed by atoms with Crippen LogP contribution in [0, 0.1) is 5.92 Å². The SMILES string of the molecule is CCc1ccc(OCC(O)CN2C(=O)NC(C)(C3CC3)C2=O)cc1. The first-order valence-electron chi connectivity index (χ1n) is 8.48. The van der Waals surface area contributed by atoms with E-state index in [2.05, 4.69) is 12.2 Å². The first-order valence-corrected chi connectivity index (χ1v) is 8.48. The quantitative estimate of drug-likeness (QED) is 0.745. The fourth-order valence-electron chi connectivity index (χ4n) is 3.10. The normalized spacial score (nSPS) is 24.9. The van der Waals surface area contributed by atoms with Crippen molar-refractivity contribution >= 4 is 11.9 Å². The largest absolute Gasteiger partial charge is 0.491 e. The Morgan fingerprint density at radius 2 is 2.00 bits per heavy atom. The molecule has 2 atom stereocenters. The van der Waals surface area contributed by atoms with E-state index in [1.807, 2.05) is 24.3 Å². The van der Waals surface area contributed by atoms with Gasteiger partial charge in [0.2, 0.25) is 0 Å². The fraction of sp³-hybridized carbons (Fsp3) is 0.556. The number of amides is 3. The third kappa shape index (κ3) is 3.24. The minimum atomic E-state index is -0.924. The molecule has 3 rings (SSSR count). The summed E-state index contributed by atoms with van der Waals surface area (Å²) in [5.41, 5.74) is 0.398. The van der Waals surface area contributed by atoms with E-state index in [1.165, 1.54) is 5.56 Å². The van der Waals surface area contributed by atoms with Gasteiger partial charge in [-0.2, -0.15) is 0 Å². The third-order valence-electron chi connectivity index (χ3n) is 4.86. The average Bonchev–Trinajstić information content (AvgIpc) is 3.40. The van der Waals surface area contributed by atoms with Crippen molar-refractivity contribution in [3.05, 3.63) is 29.8 Å². The summed E-state index contributed by atoms with van der Waals surface area (Å²) >= 11 is 0. The van der Waals surface area contributed by atoms with Gasteiger partial charge >= 0.3 is 6.03 Å². The zero-order valence-electron chi connectivity index (χ0n) is 14.1. The molecule has 2 fully saturated rings. The molecule has 0 radical (unpaired) electrons. The minimum absolute atomic E-state index is 0.0304. The average molecular weight is 332 g/mol. The van der Waals surface area contributed by atoms with Crippen LogP contribution in [0.2, 0.25) is 0 Å². The van der Waals surface area contributed by atoms with Crippen LogP contribution in [0.3, 0.4) is 0 Å².